The summed E-state index contributed by atoms with van der Waals surface area (Å²) < 4.78 is 5.26. The molecule has 1 aromatic rings. The molecule has 0 unspecified atom stereocenters. The first-order valence-corrected chi connectivity index (χ1v) is 5.73. The molecule has 1 fully saturated rings. The van der Waals surface area contributed by atoms with Gasteiger partial charge in [0.1, 0.15) is 0 Å². The highest BCUT2D eigenvalue weighted by Crippen LogP contribution is 2.40. The van der Waals surface area contributed by atoms with Crippen molar-refractivity contribution >= 4 is 23.5 Å². The number of carboxylic acid groups (broad SMARTS) is 2. The third-order valence-electron chi connectivity index (χ3n) is 3.03. The van der Waals surface area contributed by atoms with Crippen molar-refractivity contribution in [2.24, 2.45) is 0 Å². The van der Waals surface area contributed by atoms with Gasteiger partial charge in [0.25, 0.3) is 0 Å². The number of ether oxygens (including phenoxy) is 1. The van der Waals surface area contributed by atoms with Gasteiger partial charge in [-0.1, -0.05) is 23.7 Å². The SMILES string of the molecule is O=C(O)[C@H]1CC[C@](C(=O)O)(c2ccc(Cl)cc2)O1. The highest BCUT2D eigenvalue weighted by atomic mass is 35.5. The molecular formula is C12H11ClO5. The fourth-order valence-electron chi connectivity index (χ4n) is 2.08. The number of rotatable bonds is 3. The van der Waals surface area contributed by atoms with E-state index in [0.29, 0.717) is 10.6 Å². The van der Waals surface area contributed by atoms with E-state index in [0.717, 1.165) is 0 Å². The van der Waals surface area contributed by atoms with Gasteiger partial charge >= 0.3 is 11.9 Å². The summed E-state index contributed by atoms with van der Waals surface area (Å²) in [6.07, 6.45) is -0.789. The smallest absolute Gasteiger partial charge is 0.340 e. The summed E-state index contributed by atoms with van der Waals surface area (Å²) in [4.78, 5) is 22.3. The molecule has 1 aliphatic heterocycles. The van der Waals surface area contributed by atoms with Crippen molar-refractivity contribution in [2.75, 3.05) is 0 Å². The first-order chi connectivity index (χ1) is 8.45. The molecule has 1 aliphatic rings. The van der Waals surface area contributed by atoms with Crippen LogP contribution >= 0.6 is 11.6 Å². The standard InChI is InChI=1S/C12H11ClO5/c13-8-3-1-7(2-4-8)12(11(16)17)6-5-9(18-12)10(14)15/h1-4,9H,5-6H2,(H,14,15)(H,16,17)/t9-,12-/m1/s1. The first-order valence-electron chi connectivity index (χ1n) is 5.36. The molecule has 0 saturated carbocycles. The normalized spacial score (nSPS) is 27.1. The highest BCUT2D eigenvalue weighted by molar-refractivity contribution is 6.30. The van der Waals surface area contributed by atoms with Crippen LogP contribution in [0.3, 0.4) is 0 Å². The number of carbonyl (C=O) groups is 2. The Labute approximate surface area is 108 Å². The minimum absolute atomic E-state index is 0.126. The van der Waals surface area contributed by atoms with E-state index in [1.807, 2.05) is 0 Å². The van der Waals surface area contributed by atoms with Gasteiger partial charge in [0, 0.05) is 5.02 Å². The molecule has 2 rings (SSSR count). The Balaban J connectivity index is 2.38. The summed E-state index contributed by atoms with van der Waals surface area (Å²) in [6.45, 7) is 0. The second-order valence-electron chi connectivity index (χ2n) is 4.12. The summed E-state index contributed by atoms with van der Waals surface area (Å²) in [5, 5.41) is 18.7. The van der Waals surface area contributed by atoms with Gasteiger partial charge in [-0.15, -0.1) is 0 Å². The van der Waals surface area contributed by atoms with E-state index in [1.54, 1.807) is 24.3 Å². The molecule has 96 valence electrons. The van der Waals surface area contributed by atoms with Crippen molar-refractivity contribution in [2.45, 2.75) is 24.5 Å². The molecule has 0 radical (unpaired) electrons. The molecule has 2 atom stereocenters. The van der Waals surface area contributed by atoms with Crippen LogP contribution in [-0.2, 0) is 19.9 Å². The fourth-order valence-corrected chi connectivity index (χ4v) is 2.21. The predicted molar refractivity (Wildman–Crippen MR) is 62.5 cm³/mol. The largest absolute Gasteiger partial charge is 0.479 e. The molecule has 0 spiro atoms. The molecule has 5 nitrogen and oxygen atoms in total. The van der Waals surface area contributed by atoms with Crippen molar-refractivity contribution in [3.8, 4) is 0 Å². The lowest BCUT2D eigenvalue weighted by atomic mass is 9.91. The van der Waals surface area contributed by atoms with Gasteiger partial charge in [-0.2, -0.15) is 0 Å². The third-order valence-corrected chi connectivity index (χ3v) is 3.29. The summed E-state index contributed by atoms with van der Waals surface area (Å²) in [7, 11) is 0. The average Bonchev–Trinajstić information content (AvgIpc) is 2.76. The van der Waals surface area contributed by atoms with Crippen LogP contribution < -0.4 is 0 Å². The maximum atomic E-state index is 11.4. The molecule has 0 bridgehead atoms. The number of benzene rings is 1. The number of hydrogen-bond donors (Lipinski definition) is 2. The summed E-state index contributed by atoms with van der Waals surface area (Å²) in [6, 6.07) is 6.19. The van der Waals surface area contributed by atoms with E-state index in [9.17, 15) is 14.7 Å². The highest BCUT2D eigenvalue weighted by Gasteiger charge is 2.50. The van der Waals surface area contributed by atoms with Crippen LogP contribution in [0, 0.1) is 0 Å². The van der Waals surface area contributed by atoms with Gasteiger partial charge in [-0.25, -0.2) is 9.59 Å². The van der Waals surface area contributed by atoms with Crippen molar-refractivity contribution in [1.82, 2.24) is 0 Å². The lowest BCUT2D eigenvalue weighted by Crippen LogP contribution is -2.37. The zero-order chi connectivity index (χ0) is 13.3. The Morgan fingerprint density at radius 3 is 2.33 bits per heavy atom. The summed E-state index contributed by atoms with van der Waals surface area (Å²) in [5.74, 6) is -2.33. The minimum Gasteiger partial charge on any atom is -0.479 e. The number of hydrogen-bond acceptors (Lipinski definition) is 3. The molecule has 0 aliphatic carbocycles. The molecule has 2 N–H and O–H groups in total. The fraction of sp³-hybridized carbons (Fsp3) is 0.333. The van der Waals surface area contributed by atoms with Crippen LogP contribution in [0.15, 0.2) is 24.3 Å². The molecular weight excluding hydrogens is 260 g/mol. The molecule has 1 saturated heterocycles. The predicted octanol–water partition coefficient (Wildman–Crippen LogP) is 1.88. The Morgan fingerprint density at radius 1 is 1.28 bits per heavy atom. The molecule has 6 heteroatoms. The number of carboxylic acids is 2. The Hall–Kier alpha value is -1.59. The van der Waals surface area contributed by atoms with Crippen LogP contribution in [0.5, 0.6) is 0 Å². The quantitative estimate of drug-likeness (QED) is 0.876. The van der Waals surface area contributed by atoms with E-state index < -0.39 is 23.6 Å². The van der Waals surface area contributed by atoms with Crippen LogP contribution in [0.4, 0.5) is 0 Å². The Morgan fingerprint density at radius 2 is 1.89 bits per heavy atom. The maximum Gasteiger partial charge on any atom is 0.340 e. The van der Waals surface area contributed by atoms with Gasteiger partial charge in [-0.05, 0) is 30.5 Å². The van der Waals surface area contributed by atoms with E-state index in [2.05, 4.69) is 0 Å². The molecule has 1 heterocycles. The maximum absolute atomic E-state index is 11.4. The van der Waals surface area contributed by atoms with Crippen LogP contribution in [-0.4, -0.2) is 28.3 Å². The van der Waals surface area contributed by atoms with Gasteiger partial charge < -0.3 is 14.9 Å². The summed E-state index contributed by atoms with van der Waals surface area (Å²) >= 11 is 5.74. The molecule has 18 heavy (non-hydrogen) atoms. The van der Waals surface area contributed by atoms with Crippen LogP contribution in [0.1, 0.15) is 18.4 Å². The lowest BCUT2D eigenvalue weighted by molar-refractivity contribution is -0.172. The second kappa shape index (κ2) is 4.59. The van der Waals surface area contributed by atoms with E-state index >= 15 is 0 Å². The van der Waals surface area contributed by atoms with Crippen molar-refractivity contribution in [1.29, 1.82) is 0 Å². The monoisotopic (exact) mass is 270 g/mol. The average molecular weight is 271 g/mol. The van der Waals surface area contributed by atoms with E-state index in [1.165, 1.54) is 0 Å². The third kappa shape index (κ3) is 2.07. The van der Waals surface area contributed by atoms with Crippen molar-refractivity contribution in [3.63, 3.8) is 0 Å². The van der Waals surface area contributed by atoms with Crippen LogP contribution in [0.2, 0.25) is 5.02 Å². The van der Waals surface area contributed by atoms with Gasteiger partial charge in [0.15, 0.2) is 11.7 Å². The molecule has 1 aromatic carbocycles. The van der Waals surface area contributed by atoms with Gasteiger partial charge in [0.05, 0.1) is 0 Å². The second-order valence-corrected chi connectivity index (χ2v) is 4.56. The van der Waals surface area contributed by atoms with Crippen LogP contribution in [0.25, 0.3) is 0 Å². The van der Waals surface area contributed by atoms with Gasteiger partial charge in [-0.3, -0.25) is 0 Å². The summed E-state index contributed by atoms with van der Waals surface area (Å²) in [5.41, 5.74) is -1.18. The number of halogens is 1. The zero-order valence-electron chi connectivity index (χ0n) is 9.30. The topological polar surface area (TPSA) is 83.8 Å². The molecule has 0 aromatic heterocycles. The number of aliphatic carboxylic acids is 2. The Kier molecular flexibility index (Phi) is 3.28. The Bertz CT molecular complexity index is 484. The van der Waals surface area contributed by atoms with Crippen molar-refractivity contribution < 1.29 is 24.5 Å². The van der Waals surface area contributed by atoms with Gasteiger partial charge in [0.2, 0.25) is 0 Å². The van der Waals surface area contributed by atoms with Crippen molar-refractivity contribution in [3.05, 3.63) is 34.9 Å². The van der Waals surface area contributed by atoms with E-state index in [-0.39, 0.29) is 12.8 Å². The lowest BCUT2D eigenvalue weighted by Gasteiger charge is -2.24. The minimum atomic E-state index is -1.59. The van der Waals surface area contributed by atoms with E-state index in [4.69, 9.17) is 21.4 Å². The molecule has 0 amide bonds. The first kappa shape index (κ1) is 12.9. The zero-order valence-corrected chi connectivity index (χ0v) is 10.1.